The Bertz CT molecular complexity index is 786. The summed E-state index contributed by atoms with van der Waals surface area (Å²) >= 11 is 6.02. The SMILES string of the molecule is COc1ccc(NC(=O)C[C@H]([NH2+]CC[NH2+]Cc2ccccc2)C(=O)[O-])cc1Cl. The van der Waals surface area contributed by atoms with Crippen LogP contribution in [0.3, 0.4) is 0 Å². The Kier molecular flexibility index (Phi) is 8.74. The monoisotopic (exact) mass is 406 g/mol. The molecule has 7 nitrogen and oxygen atoms in total. The minimum Gasteiger partial charge on any atom is -0.544 e. The molecule has 0 heterocycles. The number of ether oxygens (including phenoxy) is 1. The van der Waals surface area contributed by atoms with E-state index in [1.165, 1.54) is 12.7 Å². The van der Waals surface area contributed by atoms with Crippen molar-refractivity contribution in [3.05, 3.63) is 59.1 Å². The van der Waals surface area contributed by atoms with E-state index in [4.69, 9.17) is 16.3 Å². The summed E-state index contributed by atoms with van der Waals surface area (Å²) in [5, 5.41) is 18.1. The molecule has 0 aliphatic heterocycles. The number of rotatable bonds is 11. The predicted octanol–water partition coefficient (Wildman–Crippen LogP) is -0.877. The van der Waals surface area contributed by atoms with Crippen molar-refractivity contribution in [3.63, 3.8) is 0 Å². The lowest BCUT2D eigenvalue weighted by molar-refractivity contribution is -0.742. The molecule has 2 aromatic carbocycles. The zero-order chi connectivity index (χ0) is 20.4. The Morgan fingerprint density at radius 3 is 2.57 bits per heavy atom. The molecule has 0 saturated carbocycles. The summed E-state index contributed by atoms with van der Waals surface area (Å²) in [4.78, 5) is 23.5. The molecule has 0 spiro atoms. The maximum absolute atomic E-state index is 12.2. The van der Waals surface area contributed by atoms with Gasteiger partial charge in [0.2, 0.25) is 5.91 Å². The number of carboxylic acids is 1. The van der Waals surface area contributed by atoms with E-state index < -0.39 is 17.9 Å². The number of hydrogen-bond donors (Lipinski definition) is 3. The summed E-state index contributed by atoms with van der Waals surface area (Å²) in [6.07, 6.45) is -0.190. The number of carbonyl (C=O) groups is 2. The number of carboxylic acid groups (broad SMARTS) is 1. The number of amides is 1. The normalized spacial score (nSPS) is 11.6. The number of methoxy groups -OCH3 is 1. The highest BCUT2D eigenvalue weighted by molar-refractivity contribution is 6.32. The van der Waals surface area contributed by atoms with Crippen LogP contribution in [0.15, 0.2) is 48.5 Å². The first-order valence-corrected chi connectivity index (χ1v) is 9.40. The topological polar surface area (TPSA) is 112 Å². The summed E-state index contributed by atoms with van der Waals surface area (Å²) < 4.78 is 5.05. The first-order chi connectivity index (χ1) is 13.5. The van der Waals surface area contributed by atoms with E-state index in [0.29, 0.717) is 23.0 Å². The highest BCUT2D eigenvalue weighted by Crippen LogP contribution is 2.27. The molecule has 0 radical (unpaired) electrons. The van der Waals surface area contributed by atoms with Crippen molar-refractivity contribution in [2.45, 2.75) is 19.0 Å². The highest BCUT2D eigenvalue weighted by Gasteiger charge is 2.18. The molecule has 150 valence electrons. The van der Waals surface area contributed by atoms with E-state index in [-0.39, 0.29) is 6.42 Å². The Morgan fingerprint density at radius 2 is 1.93 bits per heavy atom. The van der Waals surface area contributed by atoms with E-state index in [9.17, 15) is 14.7 Å². The minimum atomic E-state index is -1.26. The smallest absolute Gasteiger partial charge is 0.230 e. The second-order valence-corrected chi connectivity index (χ2v) is 6.73. The molecule has 0 aliphatic carbocycles. The Hall–Kier alpha value is -2.61. The van der Waals surface area contributed by atoms with E-state index in [0.717, 1.165) is 13.1 Å². The molecule has 0 aliphatic rings. The maximum Gasteiger partial charge on any atom is 0.230 e. The van der Waals surface area contributed by atoms with E-state index in [1.54, 1.807) is 23.5 Å². The molecule has 2 rings (SSSR count). The van der Waals surface area contributed by atoms with Crippen molar-refractivity contribution in [1.82, 2.24) is 0 Å². The number of quaternary nitrogens is 2. The molecule has 8 heteroatoms. The van der Waals surface area contributed by atoms with Crippen molar-refractivity contribution in [2.75, 3.05) is 25.5 Å². The lowest BCUT2D eigenvalue weighted by Gasteiger charge is -2.16. The fourth-order valence-electron chi connectivity index (χ4n) is 2.72. The molecule has 0 aromatic heterocycles. The van der Waals surface area contributed by atoms with Gasteiger partial charge in [0.05, 0.1) is 24.5 Å². The van der Waals surface area contributed by atoms with Gasteiger partial charge in [-0.05, 0) is 18.2 Å². The third-order valence-electron chi connectivity index (χ3n) is 4.19. The third-order valence-corrected chi connectivity index (χ3v) is 4.48. The zero-order valence-corrected chi connectivity index (χ0v) is 16.4. The third kappa shape index (κ3) is 7.19. The number of hydrogen-bond acceptors (Lipinski definition) is 4. The van der Waals surface area contributed by atoms with Crippen LogP contribution >= 0.6 is 11.6 Å². The van der Waals surface area contributed by atoms with Crippen LogP contribution in [-0.4, -0.2) is 38.1 Å². The van der Waals surface area contributed by atoms with Gasteiger partial charge in [-0.25, -0.2) is 0 Å². The van der Waals surface area contributed by atoms with Crippen molar-refractivity contribution >= 4 is 29.2 Å². The lowest BCUT2D eigenvalue weighted by atomic mass is 10.2. The summed E-state index contributed by atoms with van der Waals surface area (Å²) in [6.45, 7) is 2.12. The second kappa shape index (κ2) is 11.3. The molecular weight excluding hydrogens is 382 g/mol. The van der Waals surface area contributed by atoms with Gasteiger partial charge in [-0.3, -0.25) is 4.79 Å². The Balaban J connectivity index is 1.76. The van der Waals surface area contributed by atoms with Crippen LogP contribution < -0.4 is 25.8 Å². The minimum absolute atomic E-state index is 0.190. The van der Waals surface area contributed by atoms with E-state index >= 15 is 0 Å². The van der Waals surface area contributed by atoms with Crippen LogP contribution in [-0.2, 0) is 16.1 Å². The summed E-state index contributed by atoms with van der Waals surface area (Å²) in [5.74, 6) is -1.18. The van der Waals surface area contributed by atoms with Gasteiger partial charge in [-0.1, -0.05) is 41.9 Å². The van der Waals surface area contributed by atoms with Crippen LogP contribution in [0.4, 0.5) is 5.69 Å². The molecule has 1 atom stereocenters. The lowest BCUT2D eigenvalue weighted by Crippen LogP contribution is -2.99. The predicted molar refractivity (Wildman–Crippen MR) is 104 cm³/mol. The average molecular weight is 407 g/mol. The van der Waals surface area contributed by atoms with Gasteiger partial charge in [-0.15, -0.1) is 0 Å². The van der Waals surface area contributed by atoms with Gasteiger partial charge in [0, 0.05) is 11.3 Å². The van der Waals surface area contributed by atoms with Gasteiger partial charge in [0.1, 0.15) is 31.4 Å². The number of carbonyl (C=O) groups excluding carboxylic acids is 2. The van der Waals surface area contributed by atoms with Crippen LogP contribution in [0.2, 0.25) is 5.02 Å². The van der Waals surface area contributed by atoms with E-state index in [1.807, 2.05) is 30.3 Å². The van der Waals surface area contributed by atoms with Gasteiger partial charge < -0.3 is 30.6 Å². The van der Waals surface area contributed by atoms with Crippen LogP contribution in [0.1, 0.15) is 12.0 Å². The van der Waals surface area contributed by atoms with Crippen LogP contribution in [0, 0.1) is 0 Å². The number of benzene rings is 2. The van der Waals surface area contributed by atoms with Gasteiger partial charge >= 0.3 is 0 Å². The quantitative estimate of drug-likeness (QED) is 0.421. The first kappa shape index (κ1) is 21.7. The molecule has 0 fully saturated rings. The second-order valence-electron chi connectivity index (χ2n) is 6.32. The zero-order valence-electron chi connectivity index (χ0n) is 15.7. The summed E-state index contributed by atoms with van der Waals surface area (Å²) in [7, 11) is 1.50. The molecule has 0 bridgehead atoms. The number of aliphatic carboxylic acids is 1. The van der Waals surface area contributed by atoms with Crippen molar-refractivity contribution in [1.29, 1.82) is 0 Å². The maximum atomic E-state index is 12.2. The molecule has 1 amide bonds. The summed E-state index contributed by atoms with van der Waals surface area (Å²) in [5.41, 5.74) is 1.68. The molecule has 0 saturated heterocycles. The summed E-state index contributed by atoms with van der Waals surface area (Å²) in [6, 6.07) is 13.9. The molecular formula is C20H25ClN3O4+. The first-order valence-electron chi connectivity index (χ1n) is 9.02. The van der Waals surface area contributed by atoms with Gasteiger partial charge in [0.25, 0.3) is 0 Å². The standard InChI is InChI=1S/C20H24ClN3O4/c1-28-18-8-7-15(11-16(18)21)24-19(25)12-17(20(26)27)23-10-9-22-13-14-5-3-2-4-6-14/h2-8,11,17,22-23H,9-10,12-13H2,1H3,(H,24,25)(H,26,27)/p+1/t17-/m0/s1. The fourth-order valence-corrected chi connectivity index (χ4v) is 2.97. The molecule has 2 aromatic rings. The average Bonchev–Trinajstić information content (AvgIpc) is 2.67. The largest absolute Gasteiger partial charge is 0.544 e. The Morgan fingerprint density at radius 1 is 1.18 bits per heavy atom. The molecule has 28 heavy (non-hydrogen) atoms. The fraction of sp³-hybridized carbons (Fsp3) is 0.300. The Labute approximate surface area is 169 Å². The van der Waals surface area contributed by atoms with Crippen molar-refractivity contribution in [2.24, 2.45) is 0 Å². The van der Waals surface area contributed by atoms with E-state index in [2.05, 4.69) is 10.6 Å². The molecule has 5 N–H and O–H groups in total. The van der Waals surface area contributed by atoms with Gasteiger partial charge in [0.15, 0.2) is 0 Å². The van der Waals surface area contributed by atoms with Crippen molar-refractivity contribution in [3.8, 4) is 5.75 Å². The van der Waals surface area contributed by atoms with Gasteiger partial charge in [-0.2, -0.15) is 0 Å². The van der Waals surface area contributed by atoms with Crippen molar-refractivity contribution < 1.29 is 30.1 Å². The number of anilines is 1. The highest BCUT2D eigenvalue weighted by atomic mass is 35.5. The number of halogens is 1. The molecule has 0 unspecified atom stereocenters. The van der Waals surface area contributed by atoms with Crippen LogP contribution in [0.5, 0.6) is 5.75 Å². The number of nitrogens with one attached hydrogen (secondary N) is 1. The number of nitrogens with two attached hydrogens (primary N) is 2. The van der Waals surface area contributed by atoms with Crippen LogP contribution in [0.25, 0.3) is 0 Å².